The quantitative estimate of drug-likeness (QED) is 0.909. The molecule has 1 aromatic carbocycles. The van der Waals surface area contributed by atoms with Crippen LogP contribution >= 0.6 is 11.6 Å². The fourth-order valence-electron chi connectivity index (χ4n) is 1.44. The molecule has 0 aliphatic rings. The minimum Gasteiger partial charge on any atom is -0.476 e. The number of aromatic carboxylic acids is 1. The second-order valence-electron chi connectivity index (χ2n) is 3.40. The molecule has 0 saturated heterocycles. The molecule has 5 nitrogen and oxygen atoms in total. The van der Waals surface area contributed by atoms with E-state index in [2.05, 4.69) is 10.2 Å². The predicted molar refractivity (Wildman–Crippen MR) is 63.1 cm³/mol. The number of aryl methyl sites for hydroxylation is 1. The van der Waals surface area contributed by atoms with Crippen LogP contribution in [0.3, 0.4) is 0 Å². The molecule has 0 bridgehead atoms. The molecule has 0 radical (unpaired) electrons. The summed E-state index contributed by atoms with van der Waals surface area (Å²) < 4.78 is 0. The van der Waals surface area contributed by atoms with Crippen LogP contribution in [0.4, 0.5) is 0 Å². The van der Waals surface area contributed by atoms with Crippen LogP contribution in [-0.2, 0) is 6.54 Å². The van der Waals surface area contributed by atoms with Gasteiger partial charge in [-0.2, -0.15) is 9.90 Å². The van der Waals surface area contributed by atoms with Gasteiger partial charge in [0.15, 0.2) is 5.69 Å². The Labute approximate surface area is 103 Å². The second kappa shape index (κ2) is 4.55. The summed E-state index contributed by atoms with van der Waals surface area (Å²) in [6.45, 7) is 2.37. The highest BCUT2D eigenvalue weighted by Crippen LogP contribution is 2.22. The minimum absolute atomic E-state index is 0.0471. The number of carbonyl (C=O) groups is 1. The fourth-order valence-corrected chi connectivity index (χ4v) is 1.56. The van der Waals surface area contributed by atoms with Crippen LogP contribution in [0.25, 0.3) is 11.3 Å². The van der Waals surface area contributed by atoms with Gasteiger partial charge in [-0.25, -0.2) is 4.79 Å². The normalized spacial score (nSPS) is 10.5. The van der Waals surface area contributed by atoms with Gasteiger partial charge in [-0.3, -0.25) is 0 Å². The zero-order chi connectivity index (χ0) is 12.4. The Balaban J connectivity index is 2.53. The molecular weight excluding hydrogens is 242 g/mol. The molecule has 1 N–H and O–H groups in total. The average Bonchev–Trinajstić information content (AvgIpc) is 2.74. The number of halogens is 1. The summed E-state index contributed by atoms with van der Waals surface area (Å²) >= 11 is 5.78. The van der Waals surface area contributed by atoms with E-state index < -0.39 is 5.97 Å². The zero-order valence-electron chi connectivity index (χ0n) is 9.09. The maximum atomic E-state index is 11.0. The molecule has 6 heteroatoms. The summed E-state index contributed by atoms with van der Waals surface area (Å²) in [6.07, 6.45) is 0. The van der Waals surface area contributed by atoms with E-state index in [1.165, 1.54) is 4.80 Å². The second-order valence-corrected chi connectivity index (χ2v) is 3.83. The van der Waals surface area contributed by atoms with Gasteiger partial charge >= 0.3 is 5.97 Å². The first kappa shape index (κ1) is 11.6. The summed E-state index contributed by atoms with van der Waals surface area (Å²) in [5.74, 6) is -1.09. The Morgan fingerprint density at radius 3 is 2.53 bits per heavy atom. The summed E-state index contributed by atoms with van der Waals surface area (Å²) in [4.78, 5) is 12.4. The van der Waals surface area contributed by atoms with Crippen LogP contribution in [0.1, 0.15) is 17.4 Å². The molecule has 0 atom stereocenters. The molecule has 2 aromatic rings. The standard InChI is InChI=1S/C11H10ClN3O2/c1-2-15-13-9(10(14-15)11(16)17)7-3-5-8(12)6-4-7/h3-6H,2H2,1H3,(H,16,17). The van der Waals surface area contributed by atoms with Crippen LogP contribution in [0, 0.1) is 0 Å². The van der Waals surface area contributed by atoms with E-state index in [1.807, 2.05) is 6.92 Å². The third-order valence-electron chi connectivity index (χ3n) is 2.26. The van der Waals surface area contributed by atoms with Crippen LogP contribution in [0.2, 0.25) is 5.02 Å². The maximum Gasteiger partial charge on any atom is 0.358 e. The molecule has 0 fully saturated rings. The fraction of sp³-hybridized carbons (Fsp3) is 0.182. The number of rotatable bonds is 3. The number of carboxylic acid groups (broad SMARTS) is 1. The van der Waals surface area contributed by atoms with Crippen molar-refractivity contribution in [2.75, 3.05) is 0 Å². The van der Waals surface area contributed by atoms with Gasteiger partial charge in [0.25, 0.3) is 0 Å². The molecule has 2 rings (SSSR count). The van der Waals surface area contributed by atoms with Crippen molar-refractivity contribution in [2.24, 2.45) is 0 Å². The van der Waals surface area contributed by atoms with Crippen LogP contribution in [-0.4, -0.2) is 26.1 Å². The SMILES string of the molecule is CCn1nc(C(=O)O)c(-c2ccc(Cl)cc2)n1. The third-order valence-corrected chi connectivity index (χ3v) is 2.51. The molecule has 88 valence electrons. The summed E-state index contributed by atoms with van der Waals surface area (Å²) in [6, 6.07) is 6.82. The van der Waals surface area contributed by atoms with Gasteiger partial charge in [0, 0.05) is 10.6 Å². The van der Waals surface area contributed by atoms with Crippen molar-refractivity contribution in [1.29, 1.82) is 0 Å². The Hall–Kier alpha value is -1.88. The Morgan fingerprint density at radius 2 is 2.00 bits per heavy atom. The van der Waals surface area contributed by atoms with Gasteiger partial charge in [0.1, 0.15) is 5.69 Å². The lowest BCUT2D eigenvalue weighted by Crippen LogP contribution is -2.02. The van der Waals surface area contributed by atoms with Crippen LogP contribution in [0.15, 0.2) is 24.3 Å². The number of hydrogen-bond acceptors (Lipinski definition) is 3. The highest BCUT2D eigenvalue weighted by atomic mass is 35.5. The summed E-state index contributed by atoms with van der Waals surface area (Å²) in [7, 11) is 0. The largest absolute Gasteiger partial charge is 0.476 e. The van der Waals surface area contributed by atoms with Crippen molar-refractivity contribution in [3.63, 3.8) is 0 Å². The van der Waals surface area contributed by atoms with Gasteiger partial charge in [-0.15, -0.1) is 5.10 Å². The van der Waals surface area contributed by atoms with E-state index >= 15 is 0 Å². The summed E-state index contributed by atoms with van der Waals surface area (Å²) in [5, 5.41) is 17.7. The first-order valence-corrected chi connectivity index (χ1v) is 5.44. The highest BCUT2D eigenvalue weighted by molar-refractivity contribution is 6.30. The third kappa shape index (κ3) is 2.29. The van der Waals surface area contributed by atoms with E-state index in [4.69, 9.17) is 16.7 Å². The van der Waals surface area contributed by atoms with Crippen molar-refractivity contribution in [1.82, 2.24) is 15.0 Å². The van der Waals surface area contributed by atoms with Crippen molar-refractivity contribution in [3.8, 4) is 11.3 Å². The molecule has 0 aliphatic heterocycles. The van der Waals surface area contributed by atoms with E-state index in [9.17, 15) is 4.79 Å². The first-order valence-electron chi connectivity index (χ1n) is 5.06. The van der Waals surface area contributed by atoms with Crippen molar-refractivity contribution < 1.29 is 9.90 Å². The van der Waals surface area contributed by atoms with E-state index in [0.717, 1.165) is 0 Å². The number of nitrogens with zero attached hydrogens (tertiary/aromatic N) is 3. The highest BCUT2D eigenvalue weighted by Gasteiger charge is 2.18. The molecule has 17 heavy (non-hydrogen) atoms. The molecule has 0 unspecified atom stereocenters. The molecule has 0 aliphatic carbocycles. The van der Waals surface area contributed by atoms with Gasteiger partial charge in [-0.05, 0) is 19.1 Å². The number of hydrogen-bond donors (Lipinski definition) is 1. The zero-order valence-corrected chi connectivity index (χ0v) is 9.85. The van der Waals surface area contributed by atoms with Crippen molar-refractivity contribution in [2.45, 2.75) is 13.5 Å². The molecule has 1 aromatic heterocycles. The van der Waals surface area contributed by atoms with E-state index in [1.54, 1.807) is 24.3 Å². The lowest BCUT2D eigenvalue weighted by atomic mass is 10.1. The van der Waals surface area contributed by atoms with Crippen molar-refractivity contribution >= 4 is 17.6 Å². The van der Waals surface area contributed by atoms with Crippen LogP contribution in [0.5, 0.6) is 0 Å². The Morgan fingerprint density at radius 1 is 1.35 bits per heavy atom. The number of benzene rings is 1. The number of carboxylic acids is 1. The maximum absolute atomic E-state index is 11.0. The van der Waals surface area contributed by atoms with E-state index in [0.29, 0.717) is 22.8 Å². The van der Waals surface area contributed by atoms with Gasteiger partial charge < -0.3 is 5.11 Å². The minimum atomic E-state index is -1.09. The first-order chi connectivity index (χ1) is 8.11. The molecule has 0 amide bonds. The van der Waals surface area contributed by atoms with E-state index in [-0.39, 0.29) is 5.69 Å². The van der Waals surface area contributed by atoms with Crippen LogP contribution < -0.4 is 0 Å². The Bertz CT molecular complexity index is 548. The number of aromatic nitrogens is 3. The predicted octanol–water partition coefficient (Wildman–Crippen LogP) is 2.32. The van der Waals surface area contributed by atoms with Crippen molar-refractivity contribution in [3.05, 3.63) is 35.0 Å². The monoisotopic (exact) mass is 251 g/mol. The topological polar surface area (TPSA) is 68.0 Å². The van der Waals surface area contributed by atoms with Gasteiger partial charge in [-0.1, -0.05) is 23.7 Å². The molecule has 0 saturated carbocycles. The lowest BCUT2D eigenvalue weighted by molar-refractivity contribution is 0.0690. The lowest BCUT2D eigenvalue weighted by Gasteiger charge is -1.97. The van der Waals surface area contributed by atoms with Gasteiger partial charge in [0.05, 0.1) is 6.54 Å². The smallest absolute Gasteiger partial charge is 0.358 e. The average molecular weight is 252 g/mol. The Kier molecular flexibility index (Phi) is 3.10. The molecular formula is C11H10ClN3O2. The summed E-state index contributed by atoms with van der Waals surface area (Å²) in [5.41, 5.74) is 0.997. The molecule has 0 spiro atoms. The molecule has 1 heterocycles. The van der Waals surface area contributed by atoms with Gasteiger partial charge in [0.2, 0.25) is 0 Å².